The molecule has 360 valence electrons. The van der Waals surface area contributed by atoms with Crippen LogP contribution in [0.3, 0.4) is 0 Å². The number of halogens is 1. The van der Waals surface area contributed by atoms with Crippen LogP contribution in [0.4, 0.5) is 11.4 Å². The molecule has 17 heteroatoms. The van der Waals surface area contributed by atoms with Crippen LogP contribution in [0.1, 0.15) is 93.6 Å². The first kappa shape index (κ1) is 51.5. The molecule has 3 heterocycles. The molecule has 5 aromatic rings. The number of amides is 6. The van der Waals surface area contributed by atoms with Gasteiger partial charge in [0, 0.05) is 48.6 Å². The second kappa shape index (κ2) is 23.9. The van der Waals surface area contributed by atoms with Gasteiger partial charge in [-0.3, -0.25) is 33.7 Å². The van der Waals surface area contributed by atoms with Gasteiger partial charge in [-0.25, -0.2) is 4.98 Å². The van der Waals surface area contributed by atoms with Crippen LogP contribution in [-0.4, -0.2) is 87.6 Å². The van der Waals surface area contributed by atoms with E-state index >= 15 is 0 Å². The van der Waals surface area contributed by atoms with Crippen molar-refractivity contribution < 1.29 is 33.9 Å². The molecule has 68 heavy (non-hydrogen) atoms. The highest BCUT2D eigenvalue weighted by Gasteiger charge is 2.44. The number of carbonyl (C=O) groups is 6. The van der Waals surface area contributed by atoms with E-state index in [9.17, 15) is 33.9 Å². The SMILES string of the molecule is Cc1ncsc1-c1ccc([C@H](C)NC(=O)[C@@H]2C[C@@H](O)CN2C(=O)[C@@H](NC(=O)CCCCC(=O)Nc2ccc(N(C(=O)CCl)C(C(=O)NCCc3ccccc3)c3cccs3)cc2)C(C)(C)C)cc1. The summed E-state index contributed by atoms with van der Waals surface area (Å²) in [6.45, 7) is 9.64. The molecule has 1 aliphatic heterocycles. The predicted molar refractivity (Wildman–Crippen MR) is 268 cm³/mol. The van der Waals surface area contributed by atoms with Gasteiger partial charge in [-0.05, 0) is 90.9 Å². The Kier molecular flexibility index (Phi) is 18.1. The highest BCUT2D eigenvalue weighted by molar-refractivity contribution is 7.13. The highest BCUT2D eigenvalue weighted by Crippen LogP contribution is 2.33. The van der Waals surface area contributed by atoms with Gasteiger partial charge in [-0.1, -0.05) is 81.4 Å². The number of thiazole rings is 1. The number of aliphatic hydroxyl groups excluding tert-OH is 1. The summed E-state index contributed by atoms with van der Waals surface area (Å²) in [6.07, 6.45) is 0.719. The molecule has 14 nitrogen and oxygen atoms in total. The third kappa shape index (κ3) is 13.6. The van der Waals surface area contributed by atoms with Gasteiger partial charge >= 0.3 is 0 Å². The van der Waals surface area contributed by atoms with Crippen molar-refractivity contribution >= 4 is 81.1 Å². The molecular formula is C51H60ClN7O7S2. The molecular weight excluding hydrogens is 922 g/mol. The fourth-order valence-electron chi connectivity index (χ4n) is 8.14. The van der Waals surface area contributed by atoms with E-state index in [1.807, 2.05) is 101 Å². The molecule has 5 atom stereocenters. The fourth-order valence-corrected chi connectivity index (χ4v) is 9.90. The highest BCUT2D eigenvalue weighted by atomic mass is 35.5. The first-order valence-corrected chi connectivity index (χ1v) is 25.0. The van der Waals surface area contributed by atoms with Crippen LogP contribution in [0.25, 0.3) is 10.4 Å². The second-order valence-corrected chi connectivity index (χ2v) is 20.1. The molecule has 0 aliphatic carbocycles. The van der Waals surface area contributed by atoms with E-state index in [1.54, 1.807) is 47.2 Å². The topological polar surface area (TPSA) is 190 Å². The number of aromatic nitrogens is 1. The van der Waals surface area contributed by atoms with Crippen molar-refractivity contribution in [1.82, 2.24) is 25.8 Å². The number of alkyl halides is 1. The molecule has 0 bridgehead atoms. The summed E-state index contributed by atoms with van der Waals surface area (Å²) in [6, 6.07) is 24.6. The Hall–Kier alpha value is -5.94. The molecule has 0 saturated carbocycles. The van der Waals surface area contributed by atoms with Crippen LogP contribution < -0.4 is 26.2 Å². The quantitative estimate of drug-likeness (QED) is 0.0387. The fraction of sp³-hybridized carbons (Fsp3) is 0.392. The standard InChI is InChI=1S/C51H60ClN7O7S2/c1-32(35-17-19-36(20-18-35)46-33(2)54-31-68-46)55-48(64)40-28-39(60)30-58(40)50(66)47(51(3,4)5)57-43(62)16-10-9-15-42(61)56-37-21-23-38(24-22-37)59(44(63)29-52)45(41-14-11-27-67-41)49(65)53-26-25-34-12-7-6-8-13-34/h6-8,11-14,17-24,27,31-32,39-40,45,47,60H,9-10,15-16,25-26,28-30H2,1-5H3,(H,53,65)(H,55,64)(H,56,61)(H,57,62)/t32-,39+,40-,45?,47+/m0/s1. The number of aliphatic hydroxyl groups is 1. The third-order valence-electron chi connectivity index (χ3n) is 11.8. The summed E-state index contributed by atoms with van der Waals surface area (Å²) >= 11 is 9.00. The summed E-state index contributed by atoms with van der Waals surface area (Å²) in [7, 11) is 0. The van der Waals surface area contributed by atoms with E-state index in [1.165, 1.54) is 21.1 Å². The van der Waals surface area contributed by atoms with Crippen LogP contribution in [0, 0.1) is 12.3 Å². The number of anilines is 2. The van der Waals surface area contributed by atoms with Gasteiger partial charge in [-0.15, -0.1) is 34.3 Å². The van der Waals surface area contributed by atoms with Gasteiger partial charge in [-0.2, -0.15) is 0 Å². The molecule has 1 fully saturated rings. The molecule has 5 N–H and O–H groups in total. The number of thiophene rings is 1. The van der Waals surface area contributed by atoms with Gasteiger partial charge in [0.15, 0.2) is 0 Å². The number of nitrogens with one attached hydrogen (secondary N) is 4. The van der Waals surface area contributed by atoms with Crippen LogP contribution in [0.2, 0.25) is 0 Å². The number of aryl methyl sites for hydroxylation is 1. The van der Waals surface area contributed by atoms with Crippen molar-refractivity contribution in [2.45, 2.75) is 103 Å². The van der Waals surface area contributed by atoms with E-state index in [4.69, 9.17) is 11.6 Å². The second-order valence-electron chi connectivity index (χ2n) is 18.0. The smallest absolute Gasteiger partial charge is 0.248 e. The number of rotatable bonds is 20. The number of hydrogen-bond donors (Lipinski definition) is 5. The molecule has 1 aliphatic rings. The molecule has 0 radical (unpaired) electrons. The van der Waals surface area contributed by atoms with Crippen molar-refractivity contribution in [3.63, 3.8) is 0 Å². The normalized spacial score (nSPS) is 16.0. The van der Waals surface area contributed by atoms with Crippen LogP contribution >= 0.6 is 34.3 Å². The summed E-state index contributed by atoms with van der Waals surface area (Å²) in [5.74, 6) is -2.66. The first-order valence-electron chi connectivity index (χ1n) is 22.8. The Morgan fingerprint density at radius 3 is 2.19 bits per heavy atom. The summed E-state index contributed by atoms with van der Waals surface area (Å²) < 4.78 is 0. The number of unbranched alkanes of at least 4 members (excludes halogenated alkanes) is 1. The zero-order valence-corrected chi connectivity index (χ0v) is 41.4. The zero-order chi connectivity index (χ0) is 49.0. The van der Waals surface area contributed by atoms with E-state index in [2.05, 4.69) is 26.3 Å². The van der Waals surface area contributed by atoms with Crippen molar-refractivity contribution in [1.29, 1.82) is 0 Å². The van der Waals surface area contributed by atoms with Crippen molar-refractivity contribution in [2.24, 2.45) is 5.41 Å². The maximum atomic E-state index is 14.1. The van der Waals surface area contributed by atoms with Crippen LogP contribution in [0.5, 0.6) is 0 Å². The minimum Gasteiger partial charge on any atom is -0.391 e. The Morgan fingerprint density at radius 1 is 0.882 bits per heavy atom. The Balaban J connectivity index is 0.989. The number of nitrogens with zero attached hydrogens (tertiary/aromatic N) is 3. The van der Waals surface area contributed by atoms with Crippen molar-refractivity contribution in [2.75, 3.05) is 29.2 Å². The Bertz CT molecular complexity index is 2500. The van der Waals surface area contributed by atoms with Gasteiger partial charge in [0.25, 0.3) is 0 Å². The van der Waals surface area contributed by atoms with Crippen molar-refractivity contribution in [3.8, 4) is 10.4 Å². The lowest BCUT2D eigenvalue weighted by Crippen LogP contribution is -2.57. The zero-order valence-electron chi connectivity index (χ0n) is 39.0. The maximum absolute atomic E-state index is 14.1. The minimum atomic E-state index is -0.979. The summed E-state index contributed by atoms with van der Waals surface area (Å²) in [5.41, 5.74) is 5.93. The molecule has 6 amide bonds. The van der Waals surface area contributed by atoms with Gasteiger partial charge in [0.05, 0.1) is 28.2 Å². The van der Waals surface area contributed by atoms with E-state index in [0.717, 1.165) is 27.3 Å². The number of hydrogen-bond acceptors (Lipinski definition) is 10. The average Bonchev–Trinajstić information content (AvgIpc) is 4.11. The Labute approximate surface area is 410 Å². The summed E-state index contributed by atoms with van der Waals surface area (Å²) in [5, 5.41) is 24.2. The monoisotopic (exact) mass is 981 g/mol. The lowest BCUT2D eigenvalue weighted by atomic mass is 9.85. The van der Waals surface area contributed by atoms with E-state index in [0.29, 0.717) is 42.1 Å². The largest absolute Gasteiger partial charge is 0.391 e. The molecule has 3 aromatic carbocycles. The molecule has 6 rings (SSSR count). The maximum Gasteiger partial charge on any atom is 0.248 e. The lowest BCUT2D eigenvalue weighted by molar-refractivity contribution is -0.144. The number of benzene rings is 3. The third-order valence-corrected chi connectivity index (χ3v) is 13.9. The first-order chi connectivity index (χ1) is 32.5. The lowest BCUT2D eigenvalue weighted by Gasteiger charge is -2.35. The molecule has 1 unspecified atom stereocenters. The van der Waals surface area contributed by atoms with Crippen LogP contribution in [0.15, 0.2) is 102 Å². The predicted octanol–water partition coefficient (Wildman–Crippen LogP) is 7.72. The Morgan fingerprint density at radius 2 is 1.57 bits per heavy atom. The molecule has 0 spiro atoms. The number of likely N-dealkylation sites (tertiary alicyclic amines) is 1. The number of carbonyl (C=O) groups excluding carboxylic acids is 6. The van der Waals surface area contributed by atoms with E-state index in [-0.39, 0.29) is 61.4 Å². The molecule has 2 aromatic heterocycles. The minimum absolute atomic E-state index is 0.0410. The summed E-state index contributed by atoms with van der Waals surface area (Å²) in [4.78, 5) is 90.0. The van der Waals surface area contributed by atoms with Gasteiger partial charge in [0.1, 0.15) is 24.0 Å². The van der Waals surface area contributed by atoms with Crippen LogP contribution in [-0.2, 0) is 35.2 Å². The van der Waals surface area contributed by atoms with Gasteiger partial charge in [0.2, 0.25) is 35.4 Å². The average molecular weight is 983 g/mol. The van der Waals surface area contributed by atoms with Gasteiger partial charge < -0.3 is 31.3 Å². The number of β-amino-alcohol motifs (C(OH)–C–C–N with tert-alkyl or cyclic N) is 1. The van der Waals surface area contributed by atoms with Crippen molar-refractivity contribution in [3.05, 3.63) is 124 Å². The van der Waals surface area contributed by atoms with E-state index < -0.39 is 41.5 Å². The molecule has 1 saturated heterocycles.